The normalized spacial score (nSPS) is 24.2. The second-order valence-electron chi connectivity index (χ2n) is 6.64. The predicted molar refractivity (Wildman–Crippen MR) is 95.8 cm³/mol. The summed E-state index contributed by atoms with van der Waals surface area (Å²) >= 11 is 0. The molecule has 1 aliphatic rings. The minimum atomic E-state index is 0.347. The van der Waals surface area contributed by atoms with Crippen LogP contribution in [0.2, 0.25) is 0 Å². The van der Waals surface area contributed by atoms with Crippen molar-refractivity contribution in [1.82, 2.24) is 0 Å². The van der Waals surface area contributed by atoms with Gasteiger partial charge in [0.2, 0.25) is 0 Å². The van der Waals surface area contributed by atoms with Crippen LogP contribution in [0.1, 0.15) is 13.8 Å². The fraction of sp³-hybridized carbons (Fsp3) is 0.500. The third-order valence-corrected chi connectivity index (χ3v) is 4.43. The molecule has 2 aromatic carbocycles. The molecule has 1 N–H and O–H groups in total. The van der Waals surface area contributed by atoms with E-state index < -0.39 is 0 Å². The molecule has 0 saturated carbocycles. The Labute approximate surface area is 144 Å². The zero-order valence-corrected chi connectivity index (χ0v) is 14.7. The number of fused-ring (bicyclic) bond motifs is 1. The van der Waals surface area contributed by atoms with Crippen molar-refractivity contribution in [2.45, 2.75) is 26.1 Å². The largest absolute Gasteiger partial charge is 0.491 e. The van der Waals surface area contributed by atoms with E-state index in [0.717, 1.165) is 32.0 Å². The topological polar surface area (TPSA) is 32.1 Å². The van der Waals surface area contributed by atoms with E-state index in [1.807, 2.05) is 12.1 Å². The molecule has 0 unspecified atom stereocenters. The van der Waals surface area contributed by atoms with Gasteiger partial charge in [-0.1, -0.05) is 30.3 Å². The molecule has 24 heavy (non-hydrogen) atoms. The molecule has 0 radical (unpaired) electrons. The Hall–Kier alpha value is -1.62. The van der Waals surface area contributed by atoms with Crippen LogP contribution < -0.4 is 9.64 Å². The summed E-state index contributed by atoms with van der Waals surface area (Å²) in [4.78, 5) is 1.57. The SMILES string of the molecule is C[C@@H]1C[NH+](CCOCCOc2ccc3ccccc3c2)C[C@@H](C)O1. The lowest BCUT2D eigenvalue weighted by Crippen LogP contribution is -3.15. The summed E-state index contributed by atoms with van der Waals surface area (Å²) in [5.41, 5.74) is 0. The van der Waals surface area contributed by atoms with Crippen molar-refractivity contribution in [2.75, 3.05) is 39.5 Å². The van der Waals surface area contributed by atoms with Crippen LogP contribution >= 0.6 is 0 Å². The van der Waals surface area contributed by atoms with Crippen molar-refractivity contribution < 1.29 is 19.1 Å². The molecule has 0 aliphatic carbocycles. The predicted octanol–water partition coefficient (Wildman–Crippen LogP) is 1.93. The van der Waals surface area contributed by atoms with Gasteiger partial charge in [-0.3, -0.25) is 0 Å². The van der Waals surface area contributed by atoms with Gasteiger partial charge in [0.05, 0.1) is 13.2 Å². The van der Waals surface area contributed by atoms with Crippen LogP contribution in [-0.4, -0.2) is 51.7 Å². The molecule has 3 rings (SSSR count). The number of ether oxygens (including phenoxy) is 3. The Kier molecular flexibility index (Phi) is 6.07. The molecule has 130 valence electrons. The number of quaternary nitrogens is 1. The van der Waals surface area contributed by atoms with Gasteiger partial charge in [-0.25, -0.2) is 0 Å². The summed E-state index contributed by atoms with van der Waals surface area (Å²) < 4.78 is 17.3. The van der Waals surface area contributed by atoms with E-state index in [1.54, 1.807) is 4.90 Å². The van der Waals surface area contributed by atoms with Gasteiger partial charge >= 0.3 is 0 Å². The average molecular weight is 330 g/mol. The highest BCUT2D eigenvalue weighted by molar-refractivity contribution is 5.83. The highest BCUT2D eigenvalue weighted by atomic mass is 16.5. The maximum Gasteiger partial charge on any atom is 0.120 e. The lowest BCUT2D eigenvalue weighted by molar-refractivity contribution is -0.915. The van der Waals surface area contributed by atoms with Crippen LogP contribution in [-0.2, 0) is 9.47 Å². The van der Waals surface area contributed by atoms with E-state index in [4.69, 9.17) is 14.2 Å². The first kappa shape index (κ1) is 17.2. The summed E-state index contributed by atoms with van der Waals surface area (Å²) in [6, 6.07) is 14.5. The van der Waals surface area contributed by atoms with E-state index in [1.165, 1.54) is 10.8 Å². The molecule has 0 bridgehead atoms. The third-order valence-electron chi connectivity index (χ3n) is 4.43. The molecular formula is C20H28NO3+. The molecule has 1 saturated heterocycles. The summed E-state index contributed by atoms with van der Waals surface area (Å²) in [5, 5.41) is 2.44. The zero-order chi connectivity index (χ0) is 16.8. The molecule has 4 heteroatoms. The smallest absolute Gasteiger partial charge is 0.120 e. The Balaban J connectivity index is 1.33. The van der Waals surface area contributed by atoms with Crippen molar-refractivity contribution >= 4 is 10.8 Å². The van der Waals surface area contributed by atoms with Gasteiger partial charge in [0, 0.05) is 0 Å². The average Bonchev–Trinajstić information content (AvgIpc) is 2.57. The van der Waals surface area contributed by atoms with Crippen LogP contribution in [0.25, 0.3) is 10.8 Å². The molecule has 0 spiro atoms. The fourth-order valence-corrected chi connectivity index (χ4v) is 3.39. The summed E-state index contributed by atoms with van der Waals surface area (Å²) in [7, 11) is 0. The first-order valence-corrected chi connectivity index (χ1v) is 8.89. The van der Waals surface area contributed by atoms with Gasteiger partial charge in [-0.15, -0.1) is 0 Å². The number of morpholine rings is 1. The minimum absolute atomic E-state index is 0.347. The van der Waals surface area contributed by atoms with Crippen LogP contribution in [0, 0.1) is 0 Å². The molecule has 4 nitrogen and oxygen atoms in total. The van der Waals surface area contributed by atoms with Crippen molar-refractivity contribution in [3.63, 3.8) is 0 Å². The standard InChI is InChI=1S/C20H27NO3/c1-16-14-21(15-17(2)24-16)9-10-22-11-12-23-20-8-7-18-5-3-4-6-19(18)13-20/h3-8,13,16-17H,9-12,14-15H2,1-2H3/p+1/t16-,17-/m1/s1. The van der Waals surface area contributed by atoms with Gasteiger partial charge < -0.3 is 19.1 Å². The lowest BCUT2D eigenvalue weighted by atomic mass is 10.1. The number of benzene rings is 2. The van der Waals surface area contributed by atoms with Crippen molar-refractivity contribution in [2.24, 2.45) is 0 Å². The summed E-state index contributed by atoms with van der Waals surface area (Å²) in [6.45, 7) is 9.46. The molecule has 1 fully saturated rings. The van der Waals surface area contributed by atoms with E-state index in [-0.39, 0.29) is 0 Å². The number of rotatable bonds is 7. The van der Waals surface area contributed by atoms with Crippen LogP contribution in [0.3, 0.4) is 0 Å². The van der Waals surface area contributed by atoms with Gasteiger partial charge in [0.1, 0.15) is 44.2 Å². The molecular weight excluding hydrogens is 302 g/mol. The molecule has 2 atom stereocenters. The first-order chi connectivity index (χ1) is 11.7. The van der Waals surface area contributed by atoms with Crippen molar-refractivity contribution in [3.05, 3.63) is 42.5 Å². The number of nitrogens with one attached hydrogen (secondary N) is 1. The monoisotopic (exact) mass is 330 g/mol. The Morgan fingerprint density at radius 3 is 2.50 bits per heavy atom. The third kappa shape index (κ3) is 4.94. The quantitative estimate of drug-likeness (QED) is 0.787. The van der Waals surface area contributed by atoms with Crippen LogP contribution in [0.4, 0.5) is 0 Å². The van der Waals surface area contributed by atoms with Crippen molar-refractivity contribution in [1.29, 1.82) is 0 Å². The highest BCUT2D eigenvalue weighted by Crippen LogP contribution is 2.20. The fourth-order valence-electron chi connectivity index (χ4n) is 3.39. The van der Waals surface area contributed by atoms with E-state index in [0.29, 0.717) is 25.4 Å². The maximum absolute atomic E-state index is 5.79. The van der Waals surface area contributed by atoms with E-state index in [9.17, 15) is 0 Å². The molecule has 2 aromatic rings. The summed E-state index contributed by atoms with van der Waals surface area (Å²) in [6.07, 6.45) is 0.694. The van der Waals surface area contributed by atoms with Gasteiger partial charge in [-0.2, -0.15) is 0 Å². The number of hydrogen-bond acceptors (Lipinski definition) is 3. The highest BCUT2D eigenvalue weighted by Gasteiger charge is 2.24. The Morgan fingerprint density at radius 2 is 1.71 bits per heavy atom. The van der Waals surface area contributed by atoms with Gasteiger partial charge in [-0.05, 0) is 36.8 Å². The van der Waals surface area contributed by atoms with Crippen molar-refractivity contribution in [3.8, 4) is 5.75 Å². The van der Waals surface area contributed by atoms with E-state index >= 15 is 0 Å². The molecule has 0 aromatic heterocycles. The zero-order valence-electron chi connectivity index (χ0n) is 14.7. The minimum Gasteiger partial charge on any atom is -0.491 e. The Morgan fingerprint density at radius 1 is 0.958 bits per heavy atom. The maximum atomic E-state index is 5.79. The summed E-state index contributed by atoms with van der Waals surface area (Å²) in [5.74, 6) is 0.902. The first-order valence-electron chi connectivity index (χ1n) is 8.89. The van der Waals surface area contributed by atoms with Gasteiger partial charge in [0.15, 0.2) is 0 Å². The van der Waals surface area contributed by atoms with Gasteiger partial charge in [0.25, 0.3) is 0 Å². The molecule has 1 heterocycles. The second kappa shape index (κ2) is 8.47. The molecule has 1 aliphatic heterocycles. The lowest BCUT2D eigenvalue weighted by Gasteiger charge is -2.32. The van der Waals surface area contributed by atoms with Crippen LogP contribution in [0.5, 0.6) is 5.75 Å². The molecule has 0 amide bonds. The second-order valence-corrected chi connectivity index (χ2v) is 6.64. The Bertz CT molecular complexity index is 636. The van der Waals surface area contributed by atoms with Crippen LogP contribution in [0.15, 0.2) is 42.5 Å². The number of hydrogen-bond donors (Lipinski definition) is 1. The van der Waals surface area contributed by atoms with E-state index in [2.05, 4.69) is 44.2 Å².